The Kier molecular flexibility index (Phi) is 8.68. The molecule has 0 aliphatic rings. The molecule has 0 bridgehead atoms. The fourth-order valence-electron chi connectivity index (χ4n) is 1.90. The van der Waals surface area contributed by atoms with Crippen LogP contribution < -0.4 is 21.7 Å². The Morgan fingerprint density at radius 3 is 2.71 bits per heavy atom. The van der Waals surface area contributed by atoms with Gasteiger partial charge in [0.25, 0.3) is 0 Å². The number of carboxylic acid groups (broad SMARTS) is 1. The number of carbonyl (C=O) groups excluding carboxylic acids is 1. The maximum Gasteiger partial charge on any atom is 0.326 e. The highest BCUT2D eigenvalue weighted by molar-refractivity contribution is 5.82. The van der Waals surface area contributed by atoms with Crippen molar-refractivity contribution in [1.29, 1.82) is 0 Å². The molecule has 0 aromatic carbocycles. The molecule has 0 radical (unpaired) electrons. The fourth-order valence-corrected chi connectivity index (χ4v) is 1.90. The molecule has 2 atom stereocenters. The first-order chi connectivity index (χ1) is 11.5. The average Bonchev–Trinajstić information content (AvgIpc) is 3.02. The van der Waals surface area contributed by atoms with E-state index in [1.807, 2.05) is 0 Å². The van der Waals surface area contributed by atoms with E-state index in [9.17, 15) is 9.59 Å². The molecule has 0 saturated heterocycles. The fraction of sp³-hybridized carbons (Fsp3) is 0.692. The van der Waals surface area contributed by atoms with Gasteiger partial charge in [0.1, 0.15) is 6.04 Å². The highest BCUT2D eigenvalue weighted by atomic mass is 16.5. The molecule has 2 unspecified atom stereocenters. The molecule has 0 spiro atoms. The SMILES string of the molecule is CNC(CO)c1noc(CNC(=O)NC(CCCCN)C(=O)O)n1. The van der Waals surface area contributed by atoms with Gasteiger partial charge in [0.2, 0.25) is 5.89 Å². The van der Waals surface area contributed by atoms with E-state index in [1.54, 1.807) is 7.05 Å². The molecule has 2 amide bonds. The molecule has 136 valence electrons. The van der Waals surface area contributed by atoms with Crippen LogP contribution >= 0.6 is 0 Å². The Hall–Kier alpha value is -2.24. The number of amides is 2. The second-order valence-corrected chi connectivity index (χ2v) is 5.07. The van der Waals surface area contributed by atoms with Gasteiger partial charge in [0.05, 0.1) is 19.2 Å². The number of unbranched alkanes of at least 4 members (excludes halogenated alkanes) is 1. The molecule has 1 heterocycles. The lowest BCUT2D eigenvalue weighted by atomic mass is 10.1. The molecule has 7 N–H and O–H groups in total. The van der Waals surface area contributed by atoms with E-state index in [1.165, 1.54) is 0 Å². The maximum atomic E-state index is 11.8. The summed E-state index contributed by atoms with van der Waals surface area (Å²) in [6.07, 6.45) is 1.59. The highest BCUT2D eigenvalue weighted by Gasteiger charge is 2.20. The first-order valence-electron chi connectivity index (χ1n) is 7.59. The number of carboxylic acids is 1. The Labute approximate surface area is 139 Å². The van der Waals surface area contributed by atoms with Gasteiger partial charge in [-0.3, -0.25) is 0 Å². The van der Waals surface area contributed by atoms with Crippen LogP contribution in [0, 0.1) is 0 Å². The van der Waals surface area contributed by atoms with Crippen LogP contribution in [0.3, 0.4) is 0 Å². The minimum absolute atomic E-state index is 0.0597. The number of hydrogen-bond acceptors (Lipinski definition) is 8. The standard InChI is InChI=1S/C13H24N6O5/c1-15-9(7-20)11-18-10(24-19-11)6-16-13(23)17-8(12(21)22)4-2-3-5-14/h8-9,15,20H,2-7,14H2,1H3,(H,21,22)(H2,16,17,23). The third-order valence-corrected chi connectivity index (χ3v) is 3.28. The molecule has 0 fully saturated rings. The zero-order valence-corrected chi connectivity index (χ0v) is 13.5. The van der Waals surface area contributed by atoms with Gasteiger partial charge in [-0.2, -0.15) is 4.98 Å². The molecule has 0 aliphatic carbocycles. The number of likely N-dealkylation sites (N-methyl/N-ethyl adjacent to an activating group) is 1. The number of rotatable bonds is 11. The van der Waals surface area contributed by atoms with Crippen molar-refractivity contribution < 1.29 is 24.3 Å². The first kappa shape index (κ1) is 19.8. The van der Waals surface area contributed by atoms with E-state index in [-0.39, 0.29) is 24.9 Å². The average molecular weight is 344 g/mol. The van der Waals surface area contributed by atoms with Crippen molar-refractivity contribution in [2.45, 2.75) is 37.9 Å². The van der Waals surface area contributed by atoms with E-state index in [4.69, 9.17) is 20.5 Å². The number of aliphatic carboxylic acids is 1. The summed E-state index contributed by atoms with van der Waals surface area (Å²) in [7, 11) is 1.64. The van der Waals surface area contributed by atoms with E-state index >= 15 is 0 Å². The number of urea groups is 1. The van der Waals surface area contributed by atoms with Gasteiger partial charge in [-0.25, -0.2) is 9.59 Å². The van der Waals surface area contributed by atoms with E-state index in [0.29, 0.717) is 25.8 Å². The number of nitrogens with two attached hydrogens (primary N) is 1. The molecular weight excluding hydrogens is 320 g/mol. The van der Waals surface area contributed by atoms with Crippen molar-refractivity contribution in [3.05, 3.63) is 11.7 Å². The van der Waals surface area contributed by atoms with E-state index < -0.39 is 24.1 Å². The van der Waals surface area contributed by atoms with Crippen LogP contribution in [-0.2, 0) is 11.3 Å². The van der Waals surface area contributed by atoms with Crippen LogP contribution in [-0.4, -0.2) is 58.6 Å². The predicted molar refractivity (Wildman–Crippen MR) is 82.9 cm³/mol. The van der Waals surface area contributed by atoms with Crippen molar-refractivity contribution in [3.8, 4) is 0 Å². The first-order valence-corrected chi connectivity index (χ1v) is 7.59. The Bertz CT molecular complexity index is 519. The van der Waals surface area contributed by atoms with Crippen LogP contribution in [0.1, 0.15) is 37.0 Å². The number of aromatic nitrogens is 2. The van der Waals surface area contributed by atoms with Crippen molar-refractivity contribution in [3.63, 3.8) is 0 Å². The van der Waals surface area contributed by atoms with Crippen LogP contribution in [0.15, 0.2) is 4.52 Å². The minimum Gasteiger partial charge on any atom is -0.480 e. The summed E-state index contributed by atoms with van der Waals surface area (Å²) in [4.78, 5) is 26.9. The smallest absolute Gasteiger partial charge is 0.326 e. The van der Waals surface area contributed by atoms with Crippen LogP contribution in [0.2, 0.25) is 0 Å². The van der Waals surface area contributed by atoms with Crippen LogP contribution in [0.25, 0.3) is 0 Å². The molecule has 0 saturated carbocycles. The normalized spacial score (nSPS) is 13.3. The van der Waals surface area contributed by atoms with E-state index in [0.717, 1.165) is 0 Å². The number of carbonyl (C=O) groups is 2. The van der Waals surface area contributed by atoms with Gasteiger partial charge in [0.15, 0.2) is 5.82 Å². The number of aliphatic hydroxyl groups excluding tert-OH is 1. The second kappa shape index (κ2) is 10.5. The summed E-state index contributed by atoms with van der Waals surface area (Å²) in [5, 5.41) is 29.5. The number of hydrogen-bond donors (Lipinski definition) is 6. The quantitative estimate of drug-likeness (QED) is 0.266. The van der Waals surface area contributed by atoms with Gasteiger partial charge in [-0.15, -0.1) is 0 Å². The van der Waals surface area contributed by atoms with Crippen LogP contribution in [0.4, 0.5) is 4.79 Å². The van der Waals surface area contributed by atoms with Gasteiger partial charge < -0.3 is 36.4 Å². The topological polar surface area (TPSA) is 176 Å². The van der Waals surface area contributed by atoms with Crippen molar-refractivity contribution >= 4 is 12.0 Å². The monoisotopic (exact) mass is 344 g/mol. The lowest BCUT2D eigenvalue weighted by molar-refractivity contribution is -0.139. The van der Waals surface area contributed by atoms with Gasteiger partial charge in [0, 0.05) is 0 Å². The van der Waals surface area contributed by atoms with Crippen molar-refractivity contribution in [2.24, 2.45) is 5.73 Å². The third kappa shape index (κ3) is 6.48. The summed E-state index contributed by atoms with van der Waals surface area (Å²) in [6.45, 7) is 0.210. The molecule has 0 aliphatic heterocycles. The zero-order chi connectivity index (χ0) is 17.9. The third-order valence-electron chi connectivity index (χ3n) is 3.28. The van der Waals surface area contributed by atoms with Crippen LogP contribution in [0.5, 0.6) is 0 Å². The Morgan fingerprint density at radius 1 is 1.38 bits per heavy atom. The minimum atomic E-state index is -1.11. The molecule has 11 nitrogen and oxygen atoms in total. The summed E-state index contributed by atoms with van der Waals surface area (Å²) in [5.74, 6) is -0.701. The Morgan fingerprint density at radius 2 is 2.12 bits per heavy atom. The molecule has 24 heavy (non-hydrogen) atoms. The summed E-state index contributed by atoms with van der Waals surface area (Å²) >= 11 is 0. The lowest BCUT2D eigenvalue weighted by Crippen LogP contribution is -2.45. The van der Waals surface area contributed by atoms with Gasteiger partial charge in [-0.1, -0.05) is 5.16 Å². The summed E-state index contributed by atoms with van der Waals surface area (Å²) in [5.41, 5.74) is 5.36. The van der Waals surface area contributed by atoms with Gasteiger partial charge in [-0.05, 0) is 32.9 Å². The predicted octanol–water partition coefficient (Wildman–Crippen LogP) is -1.30. The van der Waals surface area contributed by atoms with Gasteiger partial charge >= 0.3 is 12.0 Å². The molecule has 1 aromatic heterocycles. The zero-order valence-electron chi connectivity index (χ0n) is 13.5. The molecular formula is C13H24N6O5. The largest absolute Gasteiger partial charge is 0.480 e. The second-order valence-electron chi connectivity index (χ2n) is 5.07. The molecule has 11 heteroatoms. The van der Waals surface area contributed by atoms with Crippen molar-refractivity contribution in [1.82, 2.24) is 26.1 Å². The van der Waals surface area contributed by atoms with E-state index in [2.05, 4.69) is 26.1 Å². The summed E-state index contributed by atoms with van der Waals surface area (Å²) < 4.78 is 4.95. The highest BCUT2D eigenvalue weighted by Crippen LogP contribution is 2.07. The number of nitrogens with zero attached hydrogens (tertiary/aromatic N) is 2. The maximum absolute atomic E-state index is 11.8. The lowest BCUT2D eigenvalue weighted by Gasteiger charge is -2.14. The molecule has 1 aromatic rings. The molecule has 1 rings (SSSR count). The number of aliphatic hydroxyl groups is 1. The van der Waals surface area contributed by atoms with Crippen molar-refractivity contribution in [2.75, 3.05) is 20.2 Å². The Balaban J connectivity index is 2.45. The summed E-state index contributed by atoms with van der Waals surface area (Å²) in [6, 6.07) is -2.10. The number of nitrogens with one attached hydrogen (secondary N) is 3.